The highest BCUT2D eigenvalue weighted by Gasteiger charge is 2.12. The zero-order valence-electron chi connectivity index (χ0n) is 17.2. The van der Waals surface area contributed by atoms with Crippen LogP contribution in [0.15, 0.2) is 60.9 Å². The molecule has 0 bridgehead atoms. The molecule has 1 N–H and O–H groups in total. The summed E-state index contributed by atoms with van der Waals surface area (Å²) in [5.41, 5.74) is 4.33. The first-order valence-electron chi connectivity index (χ1n) is 10.0. The summed E-state index contributed by atoms with van der Waals surface area (Å²) in [5.74, 6) is 0.402. The molecule has 7 nitrogen and oxygen atoms in total. The zero-order valence-corrected chi connectivity index (χ0v) is 17.2. The van der Waals surface area contributed by atoms with Crippen molar-refractivity contribution in [2.75, 3.05) is 6.54 Å². The SMILES string of the molecule is Cc1cc(C)n(CCCNC(=O)c2ccccc2OCc2cn3ccccc3n2)n1. The van der Waals surface area contributed by atoms with E-state index in [2.05, 4.69) is 21.5 Å². The Morgan fingerprint density at radius 3 is 2.77 bits per heavy atom. The average Bonchev–Trinajstić information content (AvgIpc) is 3.31. The zero-order chi connectivity index (χ0) is 20.9. The van der Waals surface area contributed by atoms with Crippen LogP contribution >= 0.6 is 0 Å². The molecule has 0 spiro atoms. The lowest BCUT2D eigenvalue weighted by Crippen LogP contribution is -2.26. The Kier molecular flexibility index (Phi) is 5.79. The van der Waals surface area contributed by atoms with Gasteiger partial charge in [0.05, 0.1) is 17.0 Å². The number of aromatic nitrogens is 4. The lowest BCUT2D eigenvalue weighted by Gasteiger charge is -2.11. The molecule has 0 saturated heterocycles. The highest BCUT2D eigenvalue weighted by Crippen LogP contribution is 2.19. The molecule has 0 aliphatic heterocycles. The van der Waals surface area contributed by atoms with Gasteiger partial charge in [0.1, 0.15) is 18.0 Å². The summed E-state index contributed by atoms with van der Waals surface area (Å²) in [6.45, 7) is 5.65. The van der Waals surface area contributed by atoms with Crippen molar-refractivity contribution in [3.05, 3.63) is 83.6 Å². The second kappa shape index (κ2) is 8.82. The molecule has 1 aromatic carbocycles. The summed E-state index contributed by atoms with van der Waals surface area (Å²) in [7, 11) is 0. The van der Waals surface area contributed by atoms with Crippen molar-refractivity contribution in [1.29, 1.82) is 0 Å². The van der Waals surface area contributed by atoms with E-state index in [-0.39, 0.29) is 5.91 Å². The first-order valence-corrected chi connectivity index (χ1v) is 10.0. The third-order valence-electron chi connectivity index (χ3n) is 4.86. The second-order valence-corrected chi connectivity index (χ2v) is 7.24. The van der Waals surface area contributed by atoms with Crippen LogP contribution in [-0.2, 0) is 13.2 Å². The lowest BCUT2D eigenvalue weighted by molar-refractivity contribution is 0.0948. The first kappa shape index (κ1) is 19.7. The molecule has 7 heteroatoms. The molecule has 0 aliphatic rings. The third kappa shape index (κ3) is 4.51. The summed E-state index contributed by atoms with van der Waals surface area (Å²) in [5, 5.41) is 7.42. The Morgan fingerprint density at radius 1 is 1.13 bits per heavy atom. The lowest BCUT2D eigenvalue weighted by atomic mass is 10.2. The highest BCUT2D eigenvalue weighted by atomic mass is 16.5. The fraction of sp³-hybridized carbons (Fsp3) is 0.261. The van der Waals surface area contributed by atoms with Crippen LogP contribution in [0.5, 0.6) is 5.75 Å². The summed E-state index contributed by atoms with van der Waals surface area (Å²) in [6.07, 6.45) is 4.67. The van der Waals surface area contributed by atoms with E-state index in [1.807, 2.05) is 65.7 Å². The van der Waals surface area contributed by atoms with Crippen molar-refractivity contribution < 1.29 is 9.53 Å². The van der Waals surface area contributed by atoms with E-state index < -0.39 is 0 Å². The van der Waals surface area contributed by atoms with E-state index in [1.54, 1.807) is 12.1 Å². The number of ether oxygens (including phenoxy) is 1. The number of carbonyl (C=O) groups excluding carboxylic acids is 1. The Labute approximate surface area is 175 Å². The number of nitrogens with one attached hydrogen (secondary N) is 1. The maximum atomic E-state index is 12.7. The predicted molar refractivity (Wildman–Crippen MR) is 115 cm³/mol. The van der Waals surface area contributed by atoms with Gasteiger partial charge in [-0.1, -0.05) is 18.2 Å². The molecule has 30 heavy (non-hydrogen) atoms. The summed E-state index contributed by atoms with van der Waals surface area (Å²) >= 11 is 0. The van der Waals surface area contributed by atoms with Crippen LogP contribution in [0.4, 0.5) is 0 Å². The normalized spacial score (nSPS) is 11.0. The van der Waals surface area contributed by atoms with Gasteiger partial charge >= 0.3 is 0 Å². The summed E-state index contributed by atoms with van der Waals surface area (Å²) in [6, 6.07) is 15.2. The van der Waals surface area contributed by atoms with E-state index >= 15 is 0 Å². The standard InChI is InChI=1S/C23H25N5O2/c1-17-14-18(2)28(26-17)13-7-11-24-23(29)20-8-3-4-9-21(20)30-16-19-15-27-12-6-5-10-22(27)25-19/h3-6,8-10,12,14-15H,7,11,13,16H2,1-2H3,(H,24,29). The largest absolute Gasteiger partial charge is 0.486 e. The predicted octanol–water partition coefficient (Wildman–Crippen LogP) is 3.55. The van der Waals surface area contributed by atoms with Crippen LogP contribution in [0.3, 0.4) is 0 Å². The van der Waals surface area contributed by atoms with Crippen LogP contribution in [-0.4, -0.2) is 31.6 Å². The highest BCUT2D eigenvalue weighted by molar-refractivity contribution is 5.96. The van der Waals surface area contributed by atoms with Crippen molar-refractivity contribution in [3.63, 3.8) is 0 Å². The molecular weight excluding hydrogens is 378 g/mol. The smallest absolute Gasteiger partial charge is 0.255 e. The van der Waals surface area contributed by atoms with E-state index in [4.69, 9.17) is 4.74 Å². The van der Waals surface area contributed by atoms with Gasteiger partial charge in [-0.3, -0.25) is 9.48 Å². The van der Waals surface area contributed by atoms with Crippen molar-refractivity contribution >= 4 is 11.6 Å². The van der Waals surface area contributed by atoms with E-state index in [1.165, 1.54) is 0 Å². The molecule has 0 saturated carbocycles. The summed E-state index contributed by atoms with van der Waals surface area (Å²) < 4.78 is 9.83. The van der Waals surface area contributed by atoms with Crippen molar-refractivity contribution in [3.8, 4) is 5.75 Å². The molecule has 4 aromatic rings. The van der Waals surface area contributed by atoms with Gasteiger partial charge in [-0.25, -0.2) is 4.98 Å². The monoisotopic (exact) mass is 403 g/mol. The van der Waals surface area contributed by atoms with E-state index in [0.717, 1.165) is 35.7 Å². The number of rotatable bonds is 8. The molecule has 0 radical (unpaired) electrons. The maximum Gasteiger partial charge on any atom is 0.255 e. The second-order valence-electron chi connectivity index (χ2n) is 7.24. The van der Waals surface area contributed by atoms with Crippen molar-refractivity contribution in [2.45, 2.75) is 33.4 Å². The summed E-state index contributed by atoms with van der Waals surface area (Å²) in [4.78, 5) is 17.2. The molecule has 3 heterocycles. The Balaban J connectivity index is 1.33. The molecule has 3 aromatic heterocycles. The van der Waals surface area contributed by atoms with Crippen LogP contribution in [0.25, 0.3) is 5.65 Å². The molecule has 0 atom stereocenters. The number of hydrogen-bond acceptors (Lipinski definition) is 4. The molecule has 0 fully saturated rings. The minimum atomic E-state index is -0.144. The van der Waals surface area contributed by atoms with Crippen molar-refractivity contribution in [2.24, 2.45) is 0 Å². The Bertz CT molecular complexity index is 1130. The molecule has 0 aliphatic carbocycles. The van der Waals surface area contributed by atoms with Gasteiger partial charge in [0, 0.05) is 31.2 Å². The van der Waals surface area contributed by atoms with Gasteiger partial charge < -0.3 is 14.5 Å². The Morgan fingerprint density at radius 2 is 1.97 bits per heavy atom. The van der Waals surface area contributed by atoms with Crippen LogP contribution in [0, 0.1) is 13.8 Å². The van der Waals surface area contributed by atoms with Gasteiger partial charge in [-0.15, -0.1) is 0 Å². The number of hydrogen-bond donors (Lipinski definition) is 1. The Hall–Kier alpha value is -3.61. The average molecular weight is 403 g/mol. The number of pyridine rings is 1. The van der Waals surface area contributed by atoms with Gasteiger partial charge in [0.15, 0.2) is 0 Å². The number of nitrogens with zero attached hydrogens (tertiary/aromatic N) is 4. The minimum Gasteiger partial charge on any atom is -0.486 e. The van der Waals surface area contributed by atoms with Crippen LogP contribution in [0.2, 0.25) is 0 Å². The van der Waals surface area contributed by atoms with Crippen LogP contribution < -0.4 is 10.1 Å². The van der Waals surface area contributed by atoms with E-state index in [0.29, 0.717) is 24.5 Å². The molecule has 4 rings (SSSR count). The van der Waals surface area contributed by atoms with Gasteiger partial charge in [0.2, 0.25) is 0 Å². The molecule has 0 unspecified atom stereocenters. The van der Waals surface area contributed by atoms with Crippen molar-refractivity contribution in [1.82, 2.24) is 24.5 Å². The molecule has 154 valence electrons. The number of amides is 1. The maximum absolute atomic E-state index is 12.7. The fourth-order valence-electron chi connectivity index (χ4n) is 3.42. The molecular formula is C23H25N5O2. The quantitative estimate of drug-likeness (QED) is 0.457. The van der Waals surface area contributed by atoms with E-state index in [9.17, 15) is 4.79 Å². The number of carbonyl (C=O) groups is 1. The number of fused-ring (bicyclic) bond motifs is 1. The van der Waals surface area contributed by atoms with Gasteiger partial charge in [-0.2, -0.15) is 5.10 Å². The van der Waals surface area contributed by atoms with Gasteiger partial charge in [-0.05, 0) is 50.6 Å². The van der Waals surface area contributed by atoms with Crippen LogP contribution in [0.1, 0.15) is 33.9 Å². The fourth-order valence-corrected chi connectivity index (χ4v) is 3.42. The first-order chi connectivity index (χ1) is 14.6. The number of imidazole rings is 1. The third-order valence-corrected chi connectivity index (χ3v) is 4.86. The number of benzene rings is 1. The topological polar surface area (TPSA) is 73.5 Å². The van der Waals surface area contributed by atoms with Gasteiger partial charge in [0.25, 0.3) is 5.91 Å². The minimum absolute atomic E-state index is 0.144. The number of aryl methyl sites for hydroxylation is 3. The number of para-hydroxylation sites is 1. The molecule has 1 amide bonds.